The zero-order chi connectivity index (χ0) is 14.5. The van der Waals surface area contributed by atoms with Crippen LogP contribution in [-0.2, 0) is 6.54 Å². The van der Waals surface area contributed by atoms with Crippen LogP contribution in [0.2, 0.25) is 0 Å². The van der Waals surface area contributed by atoms with Crippen molar-refractivity contribution < 1.29 is 4.79 Å². The fourth-order valence-corrected chi connectivity index (χ4v) is 2.75. The molecule has 1 aromatic heterocycles. The van der Waals surface area contributed by atoms with Gasteiger partial charge >= 0.3 is 0 Å². The van der Waals surface area contributed by atoms with Gasteiger partial charge in [-0.05, 0) is 11.6 Å². The lowest BCUT2D eigenvalue weighted by molar-refractivity contribution is 0.112. The standard InChI is InChI=1S/C17H19N3O/c21-14-16-6-7-18-12-17(16)20-10-8-19(9-11-20)13-15-4-2-1-3-5-15/h1-7,12,14H,8-11,13H2. The van der Waals surface area contributed by atoms with Gasteiger partial charge in [0.05, 0.1) is 11.9 Å². The Morgan fingerprint density at radius 3 is 2.52 bits per heavy atom. The molecule has 0 spiro atoms. The number of anilines is 1. The van der Waals surface area contributed by atoms with E-state index in [4.69, 9.17) is 0 Å². The summed E-state index contributed by atoms with van der Waals surface area (Å²) in [6.45, 7) is 4.85. The summed E-state index contributed by atoms with van der Waals surface area (Å²) in [4.78, 5) is 19.9. The SMILES string of the molecule is O=Cc1ccncc1N1CCN(Cc2ccccc2)CC1. The highest BCUT2D eigenvalue weighted by Crippen LogP contribution is 2.19. The maximum absolute atomic E-state index is 11.1. The summed E-state index contributed by atoms with van der Waals surface area (Å²) in [5.74, 6) is 0. The van der Waals surface area contributed by atoms with Crippen LogP contribution in [0.5, 0.6) is 0 Å². The smallest absolute Gasteiger partial charge is 0.152 e. The highest BCUT2D eigenvalue weighted by Gasteiger charge is 2.19. The third kappa shape index (κ3) is 3.28. The van der Waals surface area contributed by atoms with Gasteiger partial charge in [0, 0.05) is 44.5 Å². The second-order valence-corrected chi connectivity index (χ2v) is 5.30. The minimum absolute atomic E-state index is 0.724. The van der Waals surface area contributed by atoms with E-state index in [1.54, 1.807) is 18.5 Å². The molecule has 4 heteroatoms. The third-order valence-electron chi connectivity index (χ3n) is 3.92. The van der Waals surface area contributed by atoms with Crippen molar-refractivity contribution in [3.05, 3.63) is 59.9 Å². The predicted octanol–water partition coefficient (Wildman–Crippen LogP) is 2.22. The van der Waals surface area contributed by atoms with Gasteiger partial charge in [-0.25, -0.2) is 0 Å². The Labute approximate surface area is 125 Å². The van der Waals surface area contributed by atoms with E-state index in [2.05, 4.69) is 39.0 Å². The summed E-state index contributed by atoms with van der Waals surface area (Å²) in [6.07, 6.45) is 4.36. The van der Waals surface area contributed by atoms with Gasteiger partial charge in [0.25, 0.3) is 0 Å². The van der Waals surface area contributed by atoms with Gasteiger partial charge in [-0.3, -0.25) is 14.7 Å². The number of carbonyl (C=O) groups is 1. The van der Waals surface area contributed by atoms with Gasteiger partial charge in [-0.15, -0.1) is 0 Å². The molecule has 0 N–H and O–H groups in total. The van der Waals surface area contributed by atoms with Crippen molar-refractivity contribution in [2.45, 2.75) is 6.54 Å². The largest absolute Gasteiger partial charge is 0.367 e. The van der Waals surface area contributed by atoms with Crippen molar-refractivity contribution in [1.29, 1.82) is 0 Å². The second kappa shape index (κ2) is 6.50. The maximum Gasteiger partial charge on any atom is 0.152 e. The lowest BCUT2D eigenvalue weighted by atomic mass is 10.1. The molecule has 0 aliphatic carbocycles. The van der Waals surface area contributed by atoms with E-state index in [0.717, 1.165) is 50.3 Å². The van der Waals surface area contributed by atoms with E-state index >= 15 is 0 Å². The lowest BCUT2D eigenvalue weighted by Crippen LogP contribution is -2.46. The van der Waals surface area contributed by atoms with E-state index < -0.39 is 0 Å². The molecular formula is C17H19N3O. The molecule has 1 aliphatic rings. The van der Waals surface area contributed by atoms with Crippen LogP contribution in [0.1, 0.15) is 15.9 Å². The molecule has 1 aromatic carbocycles. The molecule has 1 saturated heterocycles. The molecule has 1 fully saturated rings. The van der Waals surface area contributed by atoms with Crippen LogP contribution < -0.4 is 4.90 Å². The Morgan fingerprint density at radius 1 is 1.05 bits per heavy atom. The van der Waals surface area contributed by atoms with Crippen molar-refractivity contribution in [3.8, 4) is 0 Å². The van der Waals surface area contributed by atoms with Crippen molar-refractivity contribution in [2.24, 2.45) is 0 Å². The van der Waals surface area contributed by atoms with Gasteiger partial charge < -0.3 is 4.90 Å². The molecule has 21 heavy (non-hydrogen) atoms. The number of hydrogen-bond donors (Lipinski definition) is 0. The fraction of sp³-hybridized carbons (Fsp3) is 0.294. The average molecular weight is 281 g/mol. The number of piperazine rings is 1. The van der Waals surface area contributed by atoms with Crippen LogP contribution in [0, 0.1) is 0 Å². The van der Waals surface area contributed by atoms with Crippen molar-refractivity contribution in [3.63, 3.8) is 0 Å². The first-order valence-corrected chi connectivity index (χ1v) is 7.27. The minimum Gasteiger partial charge on any atom is -0.367 e. The highest BCUT2D eigenvalue weighted by molar-refractivity contribution is 5.84. The van der Waals surface area contributed by atoms with Crippen molar-refractivity contribution in [2.75, 3.05) is 31.1 Å². The number of carbonyl (C=O) groups excluding carboxylic acids is 1. The zero-order valence-electron chi connectivity index (χ0n) is 12.0. The molecule has 0 radical (unpaired) electrons. The van der Waals surface area contributed by atoms with E-state index in [9.17, 15) is 4.79 Å². The maximum atomic E-state index is 11.1. The number of hydrogen-bond acceptors (Lipinski definition) is 4. The van der Waals surface area contributed by atoms with Crippen molar-refractivity contribution in [1.82, 2.24) is 9.88 Å². The Bertz CT molecular complexity index is 592. The van der Waals surface area contributed by atoms with E-state index in [-0.39, 0.29) is 0 Å². The number of aldehydes is 1. The minimum atomic E-state index is 0.724. The van der Waals surface area contributed by atoms with Gasteiger partial charge in [0.1, 0.15) is 0 Å². The van der Waals surface area contributed by atoms with Gasteiger partial charge in [-0.1, -0.05) is 30.3 Å². The average Bonchev–Trinajstić information content (AvgIpc) is 2.56. The molecule has 108 valence electrons. The van der Waals surface area contributed by atoms with Crippen molar-refractivity contribution >= 4 is 12.0 Å². The summed E-state index contributed by atoms with van der Waals surface area (Å²) in [6, 6.07) is 12.3. The first-order chi connectivity index (χ1) is 10.4. The van der Waals surface area contributed by atoms with Gasteiger partial charge in [-0.2, -0.15) is 0 Å². The Morgan fingerprint density at radius 2 is 1.81 bits per heavy atom. The number of pyridine rings is 1. The van der Waals surface area contributed by atoms with Crippen LogP contribution in [0.15, 0.2) is 48.8 Å². The van der Waals surface area contributed by atoms with Crippen LogP contribution in [0.4, 0.5) is 5.69 Å². The number of benzene rings is 1. The molecule has 4 nitrogen and oxygen atoms in total. The predicted molar refractivity (Wildman–Crippen MR) is 83.6 cm³/mol. The molecule has 3 rings (SSSR count). The third-order valence-corrected chi connectivity index (χ3v) is 3.92. The lowest BCUT2D eigenvalue weighted by Gasteiger charge is -2.36. The molecule has 0 atom stereocenters. The summed E-state index contributed by atoms with van der Waals surface area (Å²) in [7, 11) is 0. The molecule has 0 saturated carbocycles. The van der Waals surface area contributed by atoms with E-state index in [1.165, 1.54) is 5.56 Å². The van der Waals surface area contributed by atoms with E-state index in [1.807, 2.05) is 6.07 Å². The summed E-state index contributed by atoms with van der Waals surface area (Å²) < 4.78 is 0. The first-order valence-electron chi connectivity index (χ1n) is 7.27. The Kier molecular flexibility index (Phi) is 4.26. The molecule has 2 aromatic rings. The number of nitrogens with zero attached hydrogens (tertiary/aromatic N) is 3. The summed E-state index contributed by atoms with van der Waals surface area (Å²) in [5.41, 5.74) is 3.02. The van der Waals surface area contributed by atoms with Gasteiger partial charge in [0.15, 0.2) is 6.29 Å². The molecular weight excluding hydrogens is 262 g/mol. The van der Waals surface area contributed by atoms with Crippen LogP contribution in [0.25, 0.3) is 0 Å². The summed E-state index contributed by atoms with van der Waals surface area (Å²) >= 11 is 0. The Hall–Kier alpha value is -2.20. The first kappa shape index (κ1) is 13.8. The molecule has 0 bridgehead atoms. The van der Waals surface area contributed by atoms with Crippen LogP contribution >= 0.6 is 0 Å². The zero-order valence-corrected chi connectivity index (χ0v) is 12.0. The topological polar surface area (TPSA) is 36.4 Å². The number of rotatable bonds is 4. The normalized spacial score (nSPS) is 15.9. The summed E-state index contributed by atoms with van der Waals surface area (Å²) in [5, 5.41) is 0. The molecule has 0 amide bonds. The van der Waals surface area contributed by atoms with Crippen LogP contribution in [-0.4, -0.2) is 42.3 Å². The Balaban J connectivity index is 1.61. The van der Waals surface area contributed by atoms with Crippen LogP contribution in [0.3, 0.4) is 0 Å². The fourth-order valence-electron chi connectivity index (χ4n) is 2.75. The van der Waals surface area contributed by atoms with E-state index in [0.29, 0.717) is 0 Å². The molecule has 2 heterocycles. The quantitative estimate of drug-likeness (QED) is 0.805. The number of aromatic nitrogens is 1. The van der Waals surface area contributed by atoms with Gasteiger partial charge in [0.2, 0.25) is 0 Å². The molecule has 1 aliphatic heterocycles. The highest BCUT2D eigenvalue weighted by atomic mass is 16.1. The second-order valence-electron chi connectivity index (χ2n) is 5.30. The monoisotopic (exact) mass is 281 g/mol. The molecule has 0 unspecified atom stereocenters.